The van der Waals surface area contributed by atoms with Crippen molar-refractivity contribution >= 4 is 5.91 Å². The fourth-order valence-corrected chi connectivity index (χ4v) is 2.67. The van der Waals surface area contributed by atoms with Gasteiger partial charge >= 0.3 is 0 Å². The summed E-state index contributed by atoms with van der Waals surface area (Å²) in [5.74, 6) is 0.585. The van der Waals surface area contributed by atoms with E-state index in [1.54, 1.807) is 0 Å². The van der Waals surface area contributed by atoms with Crippen LogP contribution in [0.4, 0.5) is 0 Å². The van der Waals surface area contributed by atoms with Crippen molar-refractivity contribution in [2.24, 2.45) is 24.6 Å². The second-order valence-corrected chi connectivity index (χ2v) is 6.83. The molecule has 126 valence electrons. The average molecular weight is 308 g/mol. The number of nitrogens with zero attached hydrogens (tertiary/aromatic N) is 3. The smallest absolute Gasteiger partial charge is 0.225 e. The van der Waals surface area contributed by atoms with Crippen LogP contribution >= 0.6 is 0 Å². The minimum atomic E-state index is -0.0399. The van der Waals surface area contributed by atoms with E-state index in [4.69, 9.17) is 5.73 Å². The van der Waals surface area contributed by atoms with Crippen molar-refractivity contribution in [1.82, 2.24) is 14.7 Å². The van der Waals surface area contributed by atoms with Crippen molar-refractivity contribution in [2.45, 2.75) is 53.5 Å². The summed E-state index contributed by atoms with van der Waals surface area (Å²) in [4.78, 5) is 14.3. The molecule has 1 aromatic heterocycles. The zero-order chi connectivity index (χ0) is 17.0. The van der Waals surface area contributed by atoms with E-state index in [-0.39, 0.29) is 17.9 Å². The van der Waals surface area contributed by atoms with Crippen molar-refractivity contribution in [3.8, 4) is 0 Å². The first-order chi connectivity index (χ1) is 10.1. The predicted octanol–water partition coefficient (Wildman–Crippen LogP) is 2.05. The lowest BCUT2D eigenvalue weighted by Crippen LogP contribution is -2.37. The van der Waals surface area contributed by atoms with Gasteiger partial charge in [-0.3, -0.25) is 9.48 Å². The van der Waals surface area contributed by atoms with Crippen LogP contribution in [0.25, 0.3) is 0 Å². The van der Waals surface area contributed by atoms with Gasteiger partial charge in [-0.05, 0) is 38.2 Å². The zero-order valence-corrected chi connectivity index (χ0v) is 15.2. The van der Waals surface area contributed by atoms with E-state index in [1.165, 1.54) is 5.56 Å². The molecule has 0 saturated heterocycles. The number of carbonyl (C=O) groups excluding carboxylic acids is 1. The normalized spacial score (nSPS) is 14.2. The van der Waals surface area contributed by atoms with Gasteiger partial charge in [0.2, 0.25) is 5.91 Å². The Morgan fingerprint density at radius 2 is 1.91 bits per heavy atom. The summed E-state index contributed by atoms with van der Waals surface area (Å²) in [7, 11) is 3.81. The number of hydrogen-bond donors (Lipinski definition) is 1. The summed E-state index contributed by atoms with van der Waals surface area (Å²) in [5.41, 5.74) is 9.41. The summed E-state index contributed by atoms with van der Waals surface area (Å²) in [6.45, 7) is 11.0. The van der Waals surface area contributed by atoms with Crippen LogP contribution in [0.5, 0.6) is 0 Å². The van der Waals surface area contributed by atoms with Gasteiger partial charge in [-0.1, -0.05) is 20.8 Å². The molecule has 1 rings (SSSR count). The molecule has 0 aromatic carbocycles. The van der Waals surface area contributed by atoms with Gasteiger partial charge in [0.1, 0.15) is 0 Å². The first kappa shape index (κ1) is 18.7. The fourth-order valence-electron chi connectivity index (χ4n) is 2.67. The van der Waals surface area contributed by atoms with E-state index < -0.39 is 0 Å². The highest BCUT2D eigenvalue weighted by molar-refractivity contribution is 5.78. The molecule has 0 fully saturated rings. The molecule has 0 saturated carbocycles. The van der Waals surface area contributed by atoms with Crippen molar-refractivity contribution < 1.29 is 4.79 Å². The largest absolute Gasteiger partial charge is 0.345 e. The number of carbonyl (C=O) groups is 1. The lowest BCUT2D eigenvalue weighted by molar-refractivity contribution is -0.133. The maximum absolute atomic E-state index is 12.5. The Balaban J connectivity index is 2.61. The third kappa shape index (κ3) is 4.57. The Bertz CT molecular complexity index is 507. The second-order valence-electron chi connectivity index (χ2n) is 6.83. The number of amides is 1. The second kappa shape index (κ2) is 7.77. The highest BCUT2D eigenvalue weighted by atomic mass is 16.2. The lowest BCUT2D eigenvalue weighted by atomic mass is 9.97. The summed E-state index contributed by atoms with van der Waals surface area (Å²) in [6.07, 6.45) is 1.59. The van der Waals surface area contributed by atoms with Gasteiger partial charge in [-0.15, -0.1) is 0 Å². The molecular formula is C17H32N4O. The number of hydrogen-bond acceptors (Lipinski definition) is 3. The monoisotopic (exact) mass is 308 g/mol. The molecular weight excluding hydrogens is 276 g/mol. The Labute approximate surface area is 134 Å². The Kier molecular flexibility index (Phi) is 6.60. The first-order valence-electron chi connectivity index (χ1n) is 8.14. The number of rotatable bonds is 7. The molecule has 0 radical (unpaired) electrons. The van der Waals surface area contributed by atoms with Crippen LogP contribution in [0.15, 0.2) is 0 Å². The highest BCUT2D eigenvalue weighted by Gasteiger charge is 2.21. The quantitative estimate of drug-likeness (QED) is 0.838. The molecule has 5 heteroatoms. The standard InChI is InChI=1S/C17H32N4O/c1-11(2)16(18)8-9-20(6)17(22)12(3)10-15-13(4)19-21(7)14(15)5/h11-12,16H,8-10,18H2,1-7H3. The minimum Gasteiger partial charge on any atom is -0.345 e. The van der Waals surface area contributed by atoms with Gasteiger partial charge < -0.3 is 10.6 Å². The van der Waals surface area contributed by atoms with Gasteiger partial charge in [-0.2, -0.15) is 5.10 Å². The molecule has 2 unspecified atom stereocenters. The average Bonchev–Trinajstić information content (AvgIpc) is 2.69. The van der Waals surface area contributed by atoms with E-state index in [2.05, 4.69) is 25.9 Å². The summed E-state index contributed by atoms with van der Waals surface area (Å²) in [5, 5.41) is 4.42. The van der Waals surface area contributed by atoms with E-state index >= 15 is 0 Å². The van der Waals surface area contributed by atoms with Crippen molar-refractivity contribution in [1.29, 1.82) is 0 Å². The topological polar surface area (TPSA) is 64.2 Å². The van der Waals surface area contributed by atoms with Crippen molar-refractivity contribution in [2.75, 3.05) is 13.6 Å². The van der Waals surface area contributed by atoms with Crippen LogP contribution in [0.1, 0.15) is 44.1 Å². The number of aromatic nitrogens is 2. The summed E-state index contributed by atoms with van der Waals surface area (Å²) >= 11 is 0. The minimum absolute atomic E-state index is 0.0399. The van der Waals surface area contributed by atoms with Crippen LogP contribution < -0.4 is 5.73 Å². The van der Waals surface area contributed by atoms with Crippen LogP contribution in [-0.4, -0.2) is 40.2 Å². The van der Waals surface area contributed by atoms with E-state index in [9.17, 15) is 4.79 Å². The zero-order valence-electron chi connectivity index (χ0n) is 15.2. The molecule has 1 aromatic rings. The van der Waals surface area contributed by atoms with E-state index in [0.717, 1.165) is 24.2 Å². The predicted molar refractivity (Wildman–Crippen MR) is 90.6 cm³/mol. The lowest BCUT2D eigenvalue weighted by Gasteiger charge is -2.24. The summed E-state index contributed by atoms with van der Waals surface area (Å²) < 4.78 is 1.88. The Morgan fingerprint density at radius 1 is 1.32 bits per heavy atom. The van der Waals surface area contributed by atoms with Gasteiger partial charge in [0.15, 0.2) is 0 Å². The van der Waals surface area contributed by atoms with Crippen molar-refractivity contribution in [3.05, 3.63) is 17.0 Å². The number of aryl methyl sites for hydroxylation is 2. The molecule has 2 atom stereocenters. The van der Waals surface area contributed by atoms with Crippen LogP contribution in [0, 0.1) is 25.7 Å². The molecule has 22 heavy (non-hydrogen) atoms. The van der Waals surface area contributed by atoms with Gasteiger partial charge in [0, 0.05) is 38.3 Å². The third-order valence-electron chi connectivity index (χ3n) is 4.62. The van der Waals surface area contributed by atoms with Crippen LogP contribution in [-0.2, 0) is 18.3 Å². The SMILES string of the molecule is Cc1nn(C)c(C)c1CC(C)C(=O)N(C)CCC(N)C(C)C. The molecule has 2 N–H and O–H groups in total. The fraction of sp³-hybridized carbons (Fsp3) is 0.765. The van der Waals surface area contributed by atoms with Crippen LogP contribution in [0.2, 0.25) is 0 Å². The molecule has 0 bridgehead atoms. The molecule has 5 nitrogen and oxygen atoms in total. The molecule has 0 aliphatic rings. The van der Waals surface area contributed by atoms with Gasteiger partial charge in [-0.25, -0.2) is 0 Å². The Morgan fingerprint density at radius 3 is 2.36 bits per heavy atom. The van der Waals surface area contributed by atoms with Gasteiger partial charge in [0.25, 0.3) is 0 Å². The molecule has 0 spiro atoms. The van der Waals surface area contributed by atoms with Gasteiger partial charge in [0.05, 0.1) is 5.69 Å². The maximum atomic E-state index is 12.5. The van der Waals surface area contributed by atoms with E-state index in [1.807, 2.05) is 37.5 Å². The number of nitrogens with two attached hydrogens (primary N) is 1. The first-order valence-corrected chi connectivity index (χ1v) is 8.14. The Hall–Kier alpha value is -1.36. The van der Waals surface area contributed by atoms with Crippen molar-refractivity contribution in [3.63, 3.8) is 0 Å². The molecule has 0 aliphatic heterocycles. The summed E-state index contributed by atoms with van der Waals surface area (Å²) in [6, 6.07) is 0.147. The van der Waals surface area contributed by atoms with E-state index in [0.29, 0.717) is 12.5 Å². The molecule has 1 heterocycles. The highest BCUT2D eigenvalue weighted by Crippen LogP contribution is 2.18. The molecule has 1 amide bonds. The van der Waals surface area contributed by atoms with Crippen LogP contribution in [0.3, 0.4) is 0 Å². The molecule has 0 aliphatic carbocycles. The third-order valence-corrected chi connectivity index (χ3v) is 4.62. The maximum Gasteiger partial charge on any atom is 0.225 e.